The minimum Gasteiger partial charge on any atom is -0.496 e. The molecule has 0 saturated carbocycles. The zero-order chi connectivity index (χ0) is 24.4. The first-order valence-corrected chi connectivity index (χ1v) is 8.59. The molecule has 0 aliphatic rings. The van der Waals surface area contributed by atoms with Gasteiger partial charge in [-0.2, -0.15) is 0 Å². The van der Waals surface area contributed by atoms with Crippen LogP contribution in [0.2, 0.25) is 0 Å². The van der Waals surface area contributed by atoms with Gasteiger partial charge in [0, 0.05) is 6.07 Å². The van der Waals surface area contributed by atoms with E-state index in [1.807, 2.05) is 0 Å². The van der Waals surface area contributed by atoms with Crippen LogP contribution in [-0.4, -0.2) is 61.3 Å². The predicted molar refractivity (Wildman–Crippen MR) is 111 cm³/mol. The topological polar surface area (TPSA) is 154 Å². The summed E-state index contributed by atoms with van der Waals surface area (Å²) in [4.78, 5) is 50.3. The number of hydrogen-bond donors (Lipinski definition) is 2. The number of terminal acetylenes is 1. The van der Waals surface area contributed by atoms with E-state index in [2.05, 4.69) is 6.42 Å². The Labute approximate surface area is 183 Å². The first kappa shape index (κ1) is 27.4. The third-order valence-corrected chi connectivity index (χ3v) is 3.16. The molecule has 0 spiro atoms. The second-order valence-corrected chi connectivity index (χ2v) is 5.33. The van der Waals surface area contributed by atoms with Gasteiger partial charge in [0.05, 0.1) is 18.2 Å². The summed E-state index contributed by atoms with van der Waals surface area (Å²) in [5, 5.41) is 16.7. The Morgan fingerprint density at radius 2 is 1.44 bits per heavy atom. The molecule has 0 amide bonds. The van der Waals surface area contributed by atoms with Crippen molar-refractivity contribution in [2.24, 2.45) is 0 Å². The van der Waals surface area contributed by atoms with E-state index < -0.39 is 25.2 Å². The molecule has 0 heterocycles. The summed E-state index contributed by atoms with van der Waals surface area (Å²) in [5.41, 5.74) is 0.740. The Bertz CT molecular complexity index is 959. The van der Waals surface area contributed by atoms with Gasteiger partial charge in [0.15, 0.2) is 32.1 Å². The third kappa shape index (κ3) is 11.4. The van der Waals surface area contributed by atoms with Crippen LogP contribution in [0.25, 0.3) is 0 Å². The maximum absolute atomic E-state index is 10.5. The molecule has 2 rings (SSSR count). The first-order chi connectivity index (χ1) is 15.3. The third-order valence-electron chi connectivity index (χ3n) is 3.16. The largest absolute Gasteiger partial charge is 0.496 e. The highest BCUT2D eigenvalue weighted by atomic mass is 16.5. The van der Waals surface area contributed by atoms with E-state index in [-0.39, 0.29) is 0 Å². The lowest BCUT2D eigenvalue weighted by molar-refractivity contribution is -0.140. The Hall–Kier alpha value is -4.65. The molecule has 0 aromatic heterocycles. The van der Waals surface area contributed by atoms with Crippen LogP contribution in [0.4, 0.5) is 0 Å². The van der Waals surface area contributed by atoms with Crippen LogP contribution >= 0.6 is 0 Å². The molecular weight excluding hydrogens is 424 g/mol. The number of benzene rings is 2. The van der Waals surface area contributed by atoms with Crippen molar-refractivity contribution in [3.8, 4) is 29.6 Å². The van der Waals surface area contributed by atoms with Crippen molar-refractivity contribution in [3.63, 3.8) is 0 Å². The summed E-state index contributed by atoms with van der Waals surface area (Å²) < 4.78 is 14.7. The average Bonchev–Trinajstić information content (AvgIpc) is 2.81. The number of carbonyl (C=O) groups excluding carboxylic acids is 3. The van der Waals surface area contributed by atoms with Gasteiger partial charge >= 0.3 is 11.9 Å². The van der Waals surface area contributed by atoms with E-state index in [1.54, 1.807) is 30.2 Å². The molecular formula is C22H20O10. The van der Waals surface area contributed by atoms with E-state index in [1.165, 1.54) is 25.3 Å². The number of carboxylic acids is 2. The fourth-order valence-corrected chi connectivity index (χ4v) is 1.87. The molecule has 0 bridgehead atoms. The second kappa shape index (κ2) is 16.2. The van der Waals surface area contributed by atoms with E-state index in [4.69, 9.17) is 29.2 Å². The molecule has 10 heteroatoms. The van der Waals surface area contributed by atoms with Crippen molar-refractivity contribution in [1.82, 2.24) is 0 Å². The number of methoxy groups -OCH3 is 1. The van der Waals surface area contributed by atoms with Crippen LogP contribution in [-0.2, 0) is 14.4 Å². The van der Waals surface area contributed by atoms with Crippen LogP contribution in [0.3, 0.4) is 0 Å². The van der Waals surface area contributed by atoms with Crippen LogP contribution in [0, 0.1) is 12.3 Å². The highest BCUT2D eigenvalue weighted by Gasteiger charge is 2.05. The molecule has 0 fully saturated rings. The zero-order valence-corrected chi connectivity index (χ0v) is 16.9. The van der Waals surface area contributed by atoms with Crippen molar-refractivity contribution in [3.05, 3.63) is 53.6 Å². The summed E-state index contributed by atoms with van der Waals surface area (Å²) in [6.07, 6.45) is 6.09. The lowest BCUT2D eigenvalue weighted by atomic mass is 10.2. The van der Waals surface area contributed by atoms with Gasteiger partial charge in [-0.25, -0.2) is 9.59 Å². The Morgan fingerprint density at radius 3 is 1.94 bits per heavy atom. The van der Waals surface area contributed by atoms with Gasteiger partial charge < -0.3 is 24.4 Å². The molecule has 0 unspecified atom stereocenters. The molecule has 0 saturated heterocycles. The minimum absolute atomic E-state index is 0.292. The maximum Gasteiger partial charge on any atom is 0.341 e. The van der Waals surface area contributed by atoms with Crippen molar-refractivity contribution in [1.29, 1.82) is 0 Å². The SMILES string of the molecule is C#CC=O.COc1cc(OCC(=O)O)ccc1C=O.O=Cc1ccccc1OCC(=O)O. The Kier molecular flexibility index (Phi) is 13.8. The van der Waals surface area contributed by atoms with Crippen LogP contribution in [0.5, 0.6) is 17.2 Å². The number of rotatable bonds is 9. The fourth-order valence-electron chi connectivity index (χ4n) is 1.87. The fraction of sp³-hybridized carbons (Fsp3) is 0.136. The van der Waals surface area contributed by atoms with Gasteiger partial charge in [0.2, 0.25) is 0 Å². The summed E-state index contributed by atoms with van der Waals surface area (Å²) in [6, 6.07) is 10.9. The number of aliphatic carboxylic acids is 2. The highest BCUT2D eigenvalue weighted by molar-refractivity contribution is 5.80. The van der Waals surface area contributed by atoms with Gasteiger partial charge in [-0.1, -0.05) is 12.1 Å². The molecule has 0 atom stereocenters. The van der Waals surface area contributed by atoms with Crippen molar-refractivity contribution >= 4 is 30.8 Å². The maximum atomic E-state index is 10.5. The van der Waals surface area contributed by atoms with Crippen LogP contribution in [0.15, 0.2) is 42.5 Å². The monoisotopic (exact) mass is 444 g/mol. The highest BCUT2D eigenvalue weighted by Crippen LogP contribution is 2.23. The van der Waals surface area contributed by atoms with Gasteiger partial charge in [-0.05, 0) is 30.2 Å². The molecule has 2 N–H and O–H groups in total. The molecule has 2 aromatic carbocycles. The van der Waals surface area contributed by atoms with Gasteiger partial charge in [-0.15, -0.1) is 6.42 Å². The van der Waals surface area contributed by atoms with E-state index in [0.717, 1.165) is 0 Å². The Balaban J connectivity index is 0.000000519. The van der Waals surface area contributed by atoms with Crippen molar-refractivity contribution in [2.75, 3.05) is 20.3 Å². The van der Waals surface area contributed by atoms with Crippen LogP contribution < -0.4 is 14.2 Å². The number of para-hydroxylation sites is 1. The second-order valence-electron chi connectivity index (χ2n) is 5.33. The molecule has 0 radical (unpaired) electrons. The number of hydrogen-bond acceptors (Lipinski definition) is 8. The number of carbonyl (C=O) groups is 5. The predicted octanol–water partition coefficient (Wildman–Crippen LogP) is 1.75. The quantitative estimate of drug-likeness (QED) is 0.432. The van der Waals surface area contributed by atoms with E-state index in [9.17, 15) is 19.2 Å². The lowest BCUT2D eigenvalue weighted by Gasteiger charge is -2.07. The number of aldehydes is 3. The Morgan fingerprint density at radius 1 is 0.906 bits per heavy atom. The van der Waals surface area contributed by atoms with E-state index >= 15 is 0 Å². The minimum atomic E-state index is -1.07. The standard InChI is InChI=1S/C10H10O5.C9H8O4.C3H2O/c1-14-9-4-8(15-6-10(12)13)3-2-7(9)5-11;10-5-7-3-1-2-4-8(7)13-6-9(11)12;1-2-3-4/h2-5H,6H2,1H3,(H,12,13);1-5H,6H2,(H,11,12);1,3H. The summed E-state index contributed by atoms with van der Waals surface area (Å²) in [6.45, 7) is -0.867. The van der Waals surface area contributed by atoms with E-state index in [0.29, 0.717) is 47.2 Å². The molecule has 32 heavy (non-hydrogen) atoms. The number of ether oxygens (including phenoxy) is 3. The van der Waals surface area contributed by atoms with Crippen molar-refractivity contribution < 1.29 is 48.4 Å². The van der Waals surface area contributed by atoms with Gasteiger partial charge in [0.1, 0.15) is 17.2 Å². The summed E-state index contributed by atoms with van der Waals surface area (Å²) in [5.74, 6) is 0.613. The molecule has 10 nitrogen and oxygen atoms in total. The number of carboxylic acid groups (broad SMARTS) is 2. The molecule has 2 aromatic rings. The zero-order valence-electron chi connectivity index (χ0n) is 16.9. The smallest absolute Gasteiger partial charge is 0.341 e. The normalized spacial score (nSPS) is 8.62. The molecule has 0 aliphatic heterocycles. The molecule has 0 aliphatic carbocycles. The lowest BCUT2D eigenvalue weighted by Crippen LogP contribution is -2.10. The van der Waals surface area contributed by atoms with Gasteiger partial charge in [-0.3, -0.25) is 14.4 Å². The molecule has 168 valence electrons. The first-order valence-electron chi connectivity index (χ1n) is 8.59. The van der Waals surface area contributed by atoms with Crippen molar-refractivity contribution in [2.45, 2.75) is 0 Å². The average molecular weight is 444 g/mol. The summed E-state index contributed by atoms with van der Waals surface area (Å²) >= 11 is 0. The van der Waals surface area contributed by atoms with Crippen LogP contribution in [0.1, 0.15) is 20.7 Å². The van der Waals surface area contributed by atoms with Gasteiger partial charge in [0.25, 0.3) is 0 Å². The summed E-state index contributed by atoms with van der Waals surface area (Å²) in [7, 11) is 1.42.